The third kappa shape index (κ3) is 5.36. The molecule has 106 valence electrons. The van der Waals surface area contributed by atoms with Gasteiger partial charge in [0.05, 0.1) is 6.04 Å². The van der Waals surface area contributed by atoms with Gasteiger partial charge in [-0.05, 0) is 38.1 Å². The summed E-state index contributed by atoms with van der Waals surface area (Å²) in [5, 5.41) is 3.10. The summed E-state index contributed by atoms with van der Waals surface area (Å²) in [5.41, 5.74) is 5.89. The van der Waals surface area contributed by atoms with Gasteiger partial charge in [-0.15, -0.1) is 0 Å². The topological polar surface area (TPSA) is 58.4 Å². The molecule has 4 heteroatoms. The van der Waals surface area contributed by atoms with Gasteiger partial charge in [0.1, 0.15) is 0 Å². The highest BCUT2D eigenvalue weighted by Gasteiger charge is 2.22. The smallest absolute Gasteiger partial charge is 0.237 e. The van der Waals surface area contributed by atoms with E-state index in [1.165, 1.54) is 13.0 Å². The molecule has 0 aromatic heterocycles. The first-order valence-corrected chi connectivity index (χ1v) is 7.31. The lowest BCUT2D eigenvalue weighted by Crippen LogP contribution is -2.50. The molecule has 1 heterocycles. The van der Waals surface area contributed by atoms with Gasteiger partial charge in [0.25, 0.3) is 0 Å². The van der Waals surface area contributed by atoms with Crippen LogP contribution in [0.3, 0.4) is 0 Å². The maximum atomic E-state index is 11.9. The Balaban J connectivity index is 2.25. The number of piperidine rings is 1. The van der Waals surface area contributed by atoms with E-state index in [1.807, 2.05) is 0 Å². The lowest BCUT2D eigenvalue weighted by atomic mass is 10.0. The van der Waals surface area contributed by atoms with Crippen LogP contribution < -0.4 is 11.1 Å². The fourth-order valence-electron chi connectivity index (χ4n) is 2.54. The summed E-state index contributed by atoms with van der Waals surface area (Å²) in [6, 6.07) is -0.0255. The standard InChI is InChI=1S/C14H29N3O/c1-4-7-17-8-5-12(6-9-17)16-14(18)13(15)10-11(2)3/h11-13H,4-10,15H2,1-3H3,(H,16,18)/t13-/m0/s1. The Bertz CT molecular complexity index is 247. The monoisotopic (exact) mass is 255 g/mol. The third-order valence-electron chi connectivity index (χ3n) is 3.54. The molecule has 1 atom stereocenters. The Labute approximate surface area is 111 Å². The molecule has 1 fully saturated rings. The lowest BCUT2D eigenvalue weighted by molar-refractivity contribution is -0.123. The largest absolute Gasteiger partial charge is 0.352 e. The fourth-order valence-corrected chi connectivity index (χ4v) is 2.54. The molecule has 1 saturated heterocycles. The summed E-state index contributed by atoms with van der Waals surface area (Å²) in [5.74, 6) is 0.495. The second-order valence-electron chi connectivity index (χ2n) is 5.86. The molecule has 0 radical (unpaired) electrons. The predicted molar refractivity (Wildman–Crippen MR) is 75.3 cm³/mol. The van der Waals surface area contributed by atoms with E-state index < -0.39 is 0 Å². The first kappa shape index (κ1) is 15.4. The van der Waals surface area contributed by atoms with E-state index in [1.54, 1.807) is 0 Å². The van der Waals surface area contributed by atoms with Crippen molar-refractivity contribution in [1.29, 1.82) is 0 Å². The summed E-state index contributed by atoms with van der Waals surface area (Å²) in [6.45, 7) is 9.76. The van der Waals surface area contributed by atoms with Crippen molar-refractivity contribution in [2.24, 2.45) is 11.7 Å². The number of nitrogens with one attached hydrogen (secondary N) is 1. The number of carbonyl (C=O) groups excluding carboxylic acids is 1. The molecule has 1 aliphatic heterocycles. The summed E-state index contributed by atoms with van der Waals surface area (Å²) < 4.78 is 0. The molecule has 0 aromatic carbocycles. The molecule has 1 aliphatic rings. The number of rotatable bonds is 6. The zero-order chi connectivity index (χ0) is 13.5. The van der Waals surface area contributed by atoms with Crippen molar-refractivity contribution in [2.75, 3.05) is 19.6 Å². The number of hydrogen-bond acceptors (Lipinski definition) is 3. The highest BCUT2D eigenvalue weighted by molar-refractivity contribution is 5.81. The van der Waals surface area contributed by atoms with Crippen molar-refractivity contribution in [2.45, 2.75) is 58.5 Å². The average Bonchev–Trinajstić information content (AvgIpc) is 2.31. The van der Waals surface area contributed by atoms with E-state index in [0.29, 0.717) is 12.0 Å². The Kier molecular flexibility index (Phi) is 6.65. The molecule has 1 rings (SSSR count). The van der Waals surface area contributed by atoms with Gasteiger partial charge < -0.3 is 16.0 Å². The molecular weight excluding hydrogens is 226 g/mol. The Hall–Kier alpha value is -0.610. The maximum absolute atomic E-state index is 11.9. The normalized spacial score (nSPS) is 20.1. The van der Waals surface area contributed by atoms with Gasteiger partial charge >= 0.3 is 0 Å². The van der Waals surface area contributed by atoms with Gasteiger partial charge in [0.2, 0.25) is 5.91 Å². The summed E-state index contributed by atoms with van der Waals surface area (Å²) in [6.07, 6.45) is 4.08. The van der Waals surface area contributed by atoms with E-state index >= 15 is 0 Å². The van der Waals surface area contributed by atoms with Crippen LogP contribution in [0.1, 0.15) is 46.5 Å². The highest BCUT2D eigenvalue weighted by Crippen LogP contribution is 2.11. The van der Waals surface area contributed by atoms with Crippen molar-refractivity contribution in [3.8, 4) is 0 Å². The quantitative estimate of drug-likeness (QED) is 0.753. The molecule has 18 heavy (non-hydrogen) atoms. The van der Waals surface area contributed by atoms with Crippen molar-refractivity contribution in [3.05, 3.63) is 0 Å². The van der Waals surface area contributed by atoms with E-state index in [0.717, 1.165) is 32.4 Å². The second-order valence-corrected chi connectivity index (χ2v) is 5.86. The molecule has 4 nitrogen and oxygen atoms in total. The van der Waals surface area contributed by atoms with E-state index in [9.17, 15) is 4.79 Å². The molecule has 0 spiro atoms. The SMILES string of the molecule is CCCN1CCC(NC(=O)[C@@H](N)CC(C)C)CC1. The maximum Gasteiger partial charge on any atom is 0.237 e. The minimum Gasteiger partial charge on any atom is -0.352 e. The van der Waals surface area contributed by atoms with Crippen LogP contribution in [0.2, 0.25) is 0 Å². The average molecular weight is 255 g/mol. The van der Waals surface area contributed by atoms with Crippen LogP contribution in [-0.2, 0) is 4.79 Å². The van der Waals surface area contributed by atoms with Crippen LogP contribution in [0.15, 0.2) is 0 Å². The van der Waals surface area contributed by atoms with Crippen molar-refractivity contribution in [3.63, 3.8) is 0 Å². The predicted octanol–water partition coefficient (Wildman–Crippen LogP) is 1.35. The second kappa shape index (κ2) is 7.74. The van der Waals surface area contributed by atoms with E-state index in [4.69, 9.17) is 5.73 Å². The Morgan fingerprint density at radius 3 is 2.50 bits per heavy atom. The highest BCUT2D eigenvalue weighted by atomic mass is 16.2. The summed E-state index contributed by atoms with van der Waals surface area (Å²) in [7, 11) is 0. The van der Waals surface area contributed by atoms with Gasteiger partial charge in [-0.25, -0.2) is 0 Å². The number of nitrogens with zero attached hydrogens (tertiary/aromatic N) is 1. The van der Waals surface area contributed by atoms with Gasteiger partial charge in [-0.3, -0.25) is 4.79 Å². The molecule has 0 saturated carbocycles. The Morgan fingerprint density at radius 1 is 1.39 bits per heavy atom. The zero-order valence-corrected chi connectivity index (χ0v) is 12.1. The zero-order valence-electron chi connectivity index (χ0n) is 12.1. The summed E-state index contributed by atoms with van der Waals surface area (Å²) >= 11 is 0. The van der Waals surface area contributed by atoms with Crippen LogP contribution in [0.5, 0.6) is 0 Å². The Morgan fingerprint density at radius 2 is 2.00 bits per heavy atom. The lowest BCUT2D eigenvalue weighted by Gasteiger charge is -2.32. The molecule has 3 N–H and O–H groups in total. The minimum absolute atomic E-state index is 0.0256. The number of likely N-dealkylation sites (tertiary alicyclic amines) is 1. The third-order valence-corrected chi connectivity index (χ3v) is 3.54. The number of nitrogens with two attached hydrogens (primary N) is 1. The van der Waals surface area contributed by atoms with Crippen LogP contribution >= 0.6 is 0 Å². The number of hydrogen-bond donors (Lipinski definition) is 2. The fraction of sp³-hybridized carbons (Fsp3) is 0.929. The molecule has 0 bridgehead atoms. The van der Waals surface area contributed by atoms with Crippen LogP contribution in [-0.4, -0.2) is 42.5 Å². The van der Waals surface area contributed by atoms with Crippen molar-refractivity contribution >= 4 is 5.91 Å². The minimum atomic E-state index is -0.348. The van der Waals surface area contributed by atoms with Gasteiger partial charge in [-0.2, -0.15) is 0 Å². The first-order valence-electron chi connectivity index (χ1n) is 7.31. The van der Waals surface area contributed by atoms with E-state index in [-0.39, 0.29) is 11.9 Å². The van der Waals surface area contributed by atoms with Gasteiger partial charge in [0.15, 0.2) is 0 Å². The molecule has 0 aromatic rings. The van der Waals surface area contributed by atoms with Crippen molar-refractivity contribution in [1.82, 2.24) is 10.2 Å². The van der Waals surface area contributed by atoms with Gasteiger partial charge in [0, 0.05) is 19.1 Å². The van der Waals surface area contributed by atoms with Crippen LogP contribution in [0.4, 0.5) is 0 Å². The molecular formula is C14H29N3O. The molecule has 1 amide bonds. The first-order chi connectivity index (χ1) is 8.52. The summed E-state index contributed by atoms with van der Waals surface area (Å²) in [4.78, 5) is 14.4. The molecule has 0 aliphatic carbocycles. The van der Waals surface area contributed by atoms with Crippen molar-refractivity contribution < 1.29 is 4.79 Å². The number of carbonyl (C=O) groups is 1. The van der Waals surface area contributed by atoms with E-state index in [2.05, 4.69) is 31.0 Å². The van der Waals surface area contributed by atoms with Crippen LogP contribution in [0.25, 0.3) is 0 Å². The number of amides is 1. The van der Waals surface area contributed by atoms with Crippen LogP contribution in [0, 0.1) is 5.92 Å². The van der Waals surface area contributed by atoms with Gasteiger partial charge in [-0.1, -0.05) is 20.8 Å². The molecule has 0 unspecified atom stereocenters.